The van der Waals surface area contributed by atoms with E-state index in [1.54, 1.807) is 13.8 Å². The molecule has 0 radical (unpaired) electrons. The van der Waals surface area contributed by atoms with E-state index in [0.29, 0.717) is 11.1 Å². The second-order valence-electron chi connectivity index (χ2n) is 5.75. The van der Waals surface area contributed by atoms with Crippen LogP contribution in [0.1, 0.15) is 37.8 Å². The molecule has 0 heterocycles. The van der Waals surface area contributed by atoms with Crippen LogP contribution in [0.15, 0.2) is 17.0 Å². The number of benzene rings is 1. The van der Waals surface area contributed by atoms with Crippen molar-refractivity contribution in [1.82, 2.24) is 4.72 Å². The molecule has 0 aliphatic heterocycles. The Morgan fingerprint density at radius 1 is 1.29 bits per heavy atom. The third-order valence-electron chi connectivity index (χ3n) is 3.07. The fraction of sp³-hybridized carbons (Fsp3) is 0.500. The number of rotatable bonds is 6. The van der Waals surface area contributed by atoms with Gasteiger partial charge in [0.05, 0.1) is 4.90 Å². The summed E-state index contributed by atoms with van der Waals surface area (Å²) in [5.74, 6) is -1.48. The molecule has 2 N–H and O–H groups in total. The lowest BCUT2D eigenvalue weighted by Crippen LogP contribution is -2.44. The predicted molar refractivity (Wildman–Crippen MR) is 77.1 cm³/mol. The van der Waals surface area contributed by atoms with Crippen LogP contribution in [0.25, 0.3) is 0 Å². The number of aryl methyl sites for hydroxylation is 2. The molecule has 0 bridgehead atoms. The molecule has 21 heavy (non-hydrogen) atoms. The number of aliphatic carboxylic acids is 1. The van der Waals surface area contributed by atoms with E-state index in [1.807, 2.05) is 0 Å². The molecule has 7 heteroatoms. The minimum atomic E-state index is -3.85. The molecule has 1 aromatic carbocycles. The molecule has 1 aromatic rings. The van der Waals surface area contributed by atoms with Gasteiger partial charge in [-0.2, -0.15) is 0 Å². The second kappa shape index (κ2) is 6.11. The number of sulfonamides is 1. The summed E-state index contributed by atoms with van der Waals surface area (Å²) in [4.78, 5) is 10.6. The van der Waals surface area contributed by atoms with Crippen molar-refractivity contribution in [2.45, 2.75) is 51.0 Å². The van der Waals surface area contributed by atoms with Gasteiger partial charge in [-0.3, -0.25) is 4.79 Å². The molecule has 0 spiro atoms. The van der Waals surface area contributed by atoms with Crippen LogP contribution in [0, 0.1) is 19.7 Å². The van der Waals surface area contributed by atoms with Crippen LogP contribution >= 0.6 is 0 Å². The van der Waals surface area contributed by atoms with E-state index < -0.39 is 27.3 Å². The van der Waals surface area contributed by atoms with Crippen LogP contribution in [0.2, 0.25) is 0 Å². The number of carboxylic acids is 1. The van der Waals surface area contributed by atoms with E-state index in [9.17, 15) is 17.6 Å². The highest BCUT2D eigenvalue weighted by atomic mass is 32.2. The van der Waals surface area contributed by atoms with Crippen molar-refractivity contribution in [2.75, 3.05) is 0 Å². The summed E-state index contributed by atoms with van der Waals surface area (Å²) in [7, 11) is -3.85. The quantitative estimate of drug-likeness (QED) is 0.843. The number of hydrogen-bond acceptors (Lipinski definition) is 3. The summed E-state index contributed by atoms with van der Waals surface area (Å²) in [6.45, 7) is 6.27. The summed E-state index contributed by atoms with van der Waals surface area (Å²) in [6.07, 6.45) is 0.0117. The predicted octanol–water partition coefficient (Wildman–Crippen LogP) is 2.36. The Kier molecular flexibility index (Phi) is 5.11. The number of carbonyl (C=O) groups is 1. The summed E-state index contributed by atoms with van der Waals surface area (Å²) < 4.78 is 40.7. The Morgan fingerprint density at radius 3 is 2.19 bits per heavy atom. The van der Waals surface area contributed by atoms with E-state index in [0.717, 1.165) is 12.1 Å². The molecule has 0 amide bonds. The maximum absolute atomic E-state index is 13.3. The topological polar surface area (TPSA) is 83.5 Å². The van der Waals surface area contributed by atoms with Gasteiger partial charge < -0.3 is 5.11 Å². The fourth-order valence-electron chi connectivity index (χ4n) is 2.21. The van der Waals surface area contributed by atoms with E-state index in [-0.39, 0.29) is 17.7 Å². The molecular weight excluding hydrogens is 297 g/mol. The minimum absolute atomic E-state index is 0.0345. The first kappa shape index (κ1) is 17.6. The van der Waals surface area contributed by atoms with Gasteiger partial charge in [-0.1, -0.05) is 0 Å². The molecule has 118 valence electrons. The lowest BCUT2D eigenvalue weighted by atomic mass is 10.0. The van der Waals surface area contributed by atoms with Gasteiger partial charge in [-0.25, -0.2) is 17.5 Å². The molecule has 0 aliphatic carbocycles. The summed E-state index contributed by atoms with van der Waals surface area (Å²) in [5, 5.41) is 8.69. The zero-order valence-electron chi connectivity index (χ0n) is 12.5. The maximum atomic E-state index is 13.3. The van der Waals surface area contributed by atoms with Crippen molar-refractivity contribution < 1.29 is 22.7 Å². The van der Waals surface area contributed by atoms with Gasteiger partial charge in [0.2, 0.25) is 10.0 Å². The Labute approximate surface area is 124 Å². The second-order valence-corrected chi connectivity index (χ2v) is 7.37. The number of hydrogen-bond donors (Lipinski definition) is 2. The molecule has 0 saturated heterocycles. The molecule has 0 saturated carbocycles. The largest absolute Gasteiger partial charge is 0.481 e. The van der Waals surface area contributed by atoms with Crippen LogP contribution in [-0.4, -0.2) is 25.0 Å². The number of halogens is 1. The number of nitrogens with one attached hydrogen (secondary N) is 1. The van der Waals surface area contributed by atoms with Crippen molar-refractivity contribution >= 4 is 16.0 Å². The molecular formula is C14H20FNO4S. The highest BCUT2D eigenvalue weighted by Crippen LogP contribution is 2.24. The monoisotopic (exact) mass is 317 g/mol. The van der Waals surface area contributed by atoms with Gasteiger partial charge in [0, 0.05) is 12.0 Å². The van der Waals surface area contributed by atoms with Crippen molar-refractivity contribution in [1.29, 1.82) is 0 Å². The fourth-order valence-corrected chi connectivity index (χ4v) is 4.10. The molecule has 5 nitrogen and oxygen atoms in total. The maximum Gasteiger partial charge on any atom is 0.303 e. The van der Waals surface area contributed by atoms with Crippen LogP contribution in [-0.2, 0) is 14.8 Å². The van der Waals surface area contributed by atoms with Crippen molar-refractivity contribution in [3.63, 3.8) is 0 Å². The molecule has 0 aromatic heterocycles. The summed E-state index contributed by atoms with van der Waals surface area (Å²) >= 11 is 0. The normalized spacial score (nSPS) is 12.4. The van der Waals surface area contributed by atoms with Crippen LogP contribution in [0.4, 0.5) is 4.39 Å². The van der Waals surface area contributed by atoms with Gasteiger partial charge >= 0.3 is 5.97 Å². The van der Waals surface area contributed by atoms with Gasteiger partial charge in [0.1, 0.15) is 5.82 Å². The minimum Gasteiger partial charge on any atom is -0.481 e. The molecule has 1 rings (SSSR count). The van der Waals surface area contributed by atoms with E-state index >= 15 is 0 Å². The Morgan fingerprint density at radius 2 is 1.76 bits per heavy atom. The number of carboxylic acid groups (broad SMARTS) is 1. The third-order valence-corrected chi connectivity index (χ3v) is 5.07. The van der Waals surface area contributed by atoms with Crippen LogP contribution < -0.4 is 4.72 Å². The van der Waals surface area contributed by atoms with Crippen molar-refractivity contribution in [2.24, 2.45) is 0 Å². The van der Waals surface area contributed by atoms with Crippen molar-refractivity contribution in [3.05, 3.63) is 29.1 Å². The lowest BCUT2D eigenvalue weighted by molar-refractivity contribution is -0.137. The molecule has 0 atom stereocenters. The van der Waals surface area contributed by atoms with Gasteiger partial charge in [0.15, 0.2) is 0 Å². The van der Waals surface area contributed by atoms with Crippen LogP contribution in [0.3, 0.4) is 0 Å². The van der Waals surface area contributed by atoms with Crippen LogP contribution in [0.5, 0.6) is 0 Å². The standard InChI is InChI=1S/C14H20FNO4S/c1-9-7-11(15)8-10(2)13(9)21(19,20)16-14(3,4)6-5-12(17)18/h7-8,16H,5-6H2,1-4H3,(H,17,18). The van der Waals surface area contributed by atoms with Gasteiger partial charge in [-0.15, -0.1) is 0 Å². The van der Waals surface area contributed by atoms with E-state index in [4.69, 9.17) is 5.11 Å². The molecule has 0 unspecified atom stereocenters. The van der Waals surface area contributed by atoms with E-state index in [1.165, 1.54) is 13.8 Å². The highest BCUT2D eigenvalue weighted by Gasteiger charge is 2.29. The first-order valence-electron chi connectivity index (χ1n) is 6.47. The van der Waals surface area contributed by atoms with E-state index in [2.05, 4.69) is 4.72 Å². The smallest absolute Gasteiger partial charge is 0.303 e. The Bertz CT molecular complexity index is 630. The first-order chi connectivity index (χ1) is 9.44. The first-order valence-corrected chi connectivity index (χ1v) is 7.95. The Hall–Kier alpha value is -1.47. The lowest BCUT2D eigenvalue weighted by Gasteiger charge is -2.26. The van der Waals surface area contributed by atoms with Gasteiger partial charge in [0.25, 0.3) is 0 Å². The average molecular weight is 317 g/mol. The SMILES string of the molecule is Cc1cc(F)cc(C)c1S(=O)(=O)NC(C)(C)CCC(=O)O. The Balaban J connectivity index is 3.10. The van der Waals surface area contributed by atoms with Crippen molar-refractivity contribution in [3.8, 4) is 0 Å². The third kappa shape index (κ3) is 4.78. The molecule has 0 fully saturated rings. The van der Waals surface area contributed by atoms with Gasteiger partial charge in [-0.05, 0) is 57.4 Å². The summed E-state index contributed by atoms with van der Waals surface area (Å²) in [6, 6.07) is 2.32. The zero-order valence-corrected chi connectivity index (χ0v) is 13.3. The summed E-state index contributed by atoms with van der Waals surface area (Å²) in [5.41, 5.74) is -0.284. The average Bonchev–Trinajstić information content (AvgIpc) is 2.22. The molecule has 0 aliphatic rings. The zero-order chi connectivity index (χ0) is 16.4. The highest BCUT2D eigenvalue weighted by molar-refractivity contribution is 7.89.